The smallest absolute Gasteiger partial charge is 0.143 e. The monoisotopic (exact) mass is 349 g/mol. The number of benzene rings is 1. The molecule has 2 heterocycles. The van der Waals surface area contributed by atoms with E-state index in [1.54, 1.807) is 4.68 Å². The fraction of sp³-hybridized carbons (Fsp3) is 0.450. The fourth-order valence-corrected chi connectivity index (χ4v) is 4.09. The molecule has 6 heteroatoms. The molecule has 2 aromatic heterocycles. The lowest BCUT2D eigenvalue weighted by molar-refractivity contribution is -0.120. The van der Waals surface area contributed by atoms with Gasteiger partial charge in [0.25, 0.3) is 0 Å². The summed E-state index contributed by atoms with van der Waals surface area (Å²) in [6, 6.07) is 7.86. The molecule has 1 aliphatic rings. The van der Waals surface area contributed by atoms with Crippen molar-refractivity contribution in [2.75, 3.05) is 0 Å². The first-order valence-electron chi connectivity index (χ1n) is 8.86. The quantitative estimate of drug-likeness (QED) is 0.723. The highest BCUT2D eigenvalue weighted by Crippen LogP contribution is 2.68. The maximum atomic E-state index is 12.7. The van der Waals surface area contributed by atoms with E-state index < -0.39 is 0 Å². The van der Waals surface area contributed by atoms with Crippen LogP contribution in [0.15, 0.2) is 30.5 Å². The molecule has 1 aliphatic carbocycles. The van der Waals surface area contributed by atoms with Crippen molar-refractivity contribution >= 4 is 16.7 Å². The van der Waals surface area contributed by atoms with Gasteiger partial charge in [-0.25, -0.2) is 0 Å². The first-order chi connectivity index (χ1) is 12.2. The van der Waals surface area contributed by atoms with Gasteiger partial charge in [0, 0.05) is 23.9 Å². The topological polar surface area (TPSA) is 73.6 Å². The van der Waals surface area contributed by atoms with Gasteiger partial charge in [-0.3, -0.25) is 9.48 Å². The lowest BCUT2D eigenvalue weighted by atomic mass is 10.0. The van der Waals surface area contributed by atoms with Crippen molar-refractivity contribution < 1.29 is 4.79 Å². The molecule has 0 unspecified atom stereocenters. The number of nitrogens with zero attached hydrogens (tertiary/aromatic N) is 5. The Morgan fingerprint density at radius 1 is 1.08 bits per heavy atom. The molecule has 1 saturated carbocycles. The summed E-state index contributed by atoms with van der Waals surface area (Å²) >= 11 is 0. The summed E-state index contributed by atoms with van der Waals surface area (Å²) in [4.78, 5) is 12.7. The fourth-order valence-electron chi connectivity index (χ4n) is 4.09. The Hall–Kier alpha value is -2.63. The van der Waals surface area contributed by atoms with Gasteiger partial charge < -0.3 is 0 Å². The second kappa shape index (κ2) is 5.43. The van der Waals surface area contributed by atoms with Gasteiger partial charge >= 0.3 is 0 Å². The highest BCUT2D eigenvalue weighted by molar-refractivity contribution is 5.89. The SMILES string of the molecule is Cn1cc(-c2ccc3nnc(CC(=O)C4C(C)(C)C4(C)C)cc3c2)nn1. The van der Waals surface area contributed by atoms with Crippen molar-refractivity contribution in [2.45, 2.75) is 34.1 Å². The maximum Gasteiger partial charge on any atom is 0.143 e. The Bertz CT molecular complexity index is 1000. The highest BCUT2D eigenvalue weighted by Gasteiger charge is 2.67. The van der Waals surface area contributed by atoms with Gasteiger partial charge in [-0.05, 0) is 29.0 Å². The van der Waals surface area contributed by atoms with Crippen molar-refractivity contribution in [1.29, 1.82) is 0 Å². The largest absolute Gasteiger partial charge is 0.299 e. The van der Waals surface area contributed by atoms with E-state index >= 15 is 0 Å². The van der Waals surface area contributed by atoms with Crippen LogP contribution >= 0.6 is 0 Å². The minimum absolute atomic E-state index is 0.0491. The molecule has 6 nitrogen and oxygen atoms in total. The van der Waals surface area contributed by atoms with Crippen LogP contribution < -0.4 is 0 Å². The number of aryl methyl sites for hydroxylation is 1. The Morgan fingerprint density at radius 3 is 2.42 bits per heavy atom. The minimum atomic E-state index is 0.0491. The first-order valence-corrected chi connectivity index (χ1v) is 8.86. The van der Waals surface area contributed by atoms with E-state index in [-0.39, 0.29) is 22.5 Å². The second-order valence-corrected chi connectivity index (χ2v) is 8.41. The van der Waals surface area contributed by atoms with Gasteiger partial charge in [0.2, 0.25) is 0 Å². The number of ketones is 1. The van der Waals surface area contributed by atoms with E-state index in [4.69, 9.17) is 0 Å². The van der Waals surface area contributed by atoms with Gasteiger partial charge in [-0.1, -0.05) is 39.0 Å². The molecule has 0 N–H and O–H groups in total. The average molecular weight is 349 g/mol. The lowest BCUT2D eigenvalue weighted by Gasteiger charge is -2.04. The number of hydrogen-bond acceptors (Lipinski definition) is 5. The van der Waals surface area contributed by atoms with Gasteiger partial charge in [0.1, 0.15) is 11.5 Å². The van der Waals surface area contributed by atoms with E-state index in [0.717, 1.165) is 27.9 Å². The molecular weight excluding hydrogens is 326 g/mol. The molecular formula is C20H23N5O. The molecule has 134 valence electrons. The molecule has 26 heavy (non-hydrogen) atoms. The van der Waals surface area contributed by atoms with Gasteiger partial charge in [-0.2, -0.15) is 10.2 Å². The number of rotatable bonds is 4. The van der Waals surface area contributed by atoms with Crippen LogP contribution in [0.1, 0.15) is 33.4 Å². The zero-order valence-corrected chi connectivity index (χ0v) is 15.8. The summed E-state index contributed by atoms with van der Waals surface area (Å²) in [5, 5.41) is 17.6. The summed E-state index contributed by atoms with van der Waals surface area (Å²) in [7, 11) is 1.84. The predicted molar refractivity (Wildman–Crippen MR) is 99.3 cm³/mol. The zero-order valence-electron chi connectivity index (χ0n) is 15.8. The number of carbonyl (C=O) groups is 1. The molecule has 0 atom stereocenters. The molecule has 0 amide bonds. The molecule has 0 bridgehead atoms. The number of Topliss-reactive ketones (excluding diaryl/α,β-unsaturated/α-hetero) is 1. The number of aromatic nitrogens is 5. The van der Waals surface area contributed by atoms with Crippen LogP contribution in [-0.4, -0.2) is 31.0 Å². The first kappa shape index (κ1) is 16.8. The van der Waals surface area contributed by atoms with Crippen molar-refractivity contribution in [3.63, 3.8) is 0 Å². The van der Waals surface area contributed by atoms with Crippen LogP contribution in [0, 0.1) is 16.7 Å². The third-order valence-electron chi connectivity index (χ3n) is 6.23. The standard InChI is InChI=1S/C20H23N5O/c1-19(2)18(20(19,3)4)17(26)10-14-9-13-8-12(6-7-15(13)22-21-14)16-11-25(5)24-23-16/h6-9,11,18H,10H2,1-5H3. The maximum absolute atomic E-state index is 12.7. The Balaban J connectivity index is 1.62. The Morgan fingerprint density at radius 2 is 1.81 bits per heavy atom. The molecule has 0 radical (unpaired) electrons. The van der Waals surface area contributed by atoms with Gasteiger partial charge in [0.05, 0.1) is 23.8 Å². The van der Waals surface area contributed by atoms with E-state index in [1.165, 1.54) is 0 Å². The van der Waals surface area contributed by atoms with Gasteiger partial charge in [-0.15, -0.1) is 5.10 Å². The number of carbonyl (C=O) groups excluding carboxylic acids is 1. The molecule has 0 saturated heterocycles. The molecule has 4 rings (SSSR count). The Kier molecular flexibility index (Phi) is 3.51. The third-order valence-corrected chi connectivity index (χ3v) is 6.23. The van der Waals surface area contributed by atoms with Crippen LogP contribution in [-0.2, 0) is 18.3 Å². The van der Waals surface area contributed by atoms with E-state index in [9.17, 15) is 4.79 Å². The van der Waals surface area contributed by atoms with Crippen molar-refractivity contribution in [3.8, 4) is 11.3 Å². The molecule has 0 aliphatic heterocycles. The van der Waals surface area contributed by atoms with Crippen LogP contribution in [0.3, 0.4) is 0 Å². The molecule has 1 aromatic carbocycles. The van der Waals surface area contributed by atoms with E-state index in [2.05, 4.69) is 48.2 Å². The summed E-state index contributed by atoms with van der Waals surface area (Å²) in [6.45, 7) is 8.65. The lowest BCUT2D eigenvalue weighted by Crippen LogP contribution is -2.11. The van der Waals surface area contributed by atoms with Crippen molar-refractivity contribution in [1.82, 2.24) is 25.2 Å². The summed E-state index contributed by atoms with van der Waals surface area (Å²) in [5.41, 5.74) is 3.41. The molecule has 0 spiro atoms. The average Bonchev–Trinajstić information content (AvgIpc) is 2.87. The molecule has 3 aromatic rings. The summed E-state index contributed by atoms with van der Waals surface area (Å²) < 4.78 is 1.67. The molecule has 1 fully saturated rings. The predicted octanol–water partition coefficient (Wildman–Crippen LogP) is 3.22. The minimum Gasteiger partial charge on any atom is -0.299 e. The normalized spacial score (nSPS) is 18.2. The zero-order chi connectivity index (χ0) is 18.7. The van der Waals surface area contributed by atoms with Crippen molar-refractivity contribution in [2.24, 2.45) is 23.8 Å². The summed E-state index contributed by atoms with van der Waals surface area (Å²) in [5.74, 6) is 0.331. The van der Waals surface area contributed by atoms with Crippen LogP contribution in [0.2, 0.25) is 0 Å². The number of fused-ring (bicyclic) bond motifs is 1. The Labute approximate surface area is 152 Å². The van der Waals surface area contributed by atoms with Gasteiger partial charge in [0.15, 0.2) is 0 Å². The third kappa shape index (κ3) is 2.52. The number of hydrogen-bond donors (Lipinski definition) is 0. The highest BCUT2D eigenvalue weighted by atomic mass is 16.1. The van der Waals surface area contributed by atoms with Crippen LogP contribution in [0.25, 0.3) is 22.2 Å². The van der Waals surface area contributed by atoms with Crippen LogP contribution in [0.4, 0.5) is 0 Å². The van der Waals surface area contributed by atoms with Crippen LogP contribution in [0.5, 0.6) is 0 Å². The van der Waals surface area contributed by atoms with E-state index in [0.29, 0.717) is 6.42 Å². The second-order valence-electron chi connectivity index (χ2n) is 8.41. The van der Waals surface area contributed by atoms with Crippen molar-refractivity contribution in [3.05, 3.63) is 36.2 Å². The summed E-state index contributed by atoms with van der Waals surface area (Å²) in [6.07, 6.45) is 2.20. The van der Waals surface area contributed by atoms with E-state index in [1.807, 2.05) is 37.5 Å².